The molecule has 0 aromatic carbocycles. The van der Waals surface area contributed by atoms with Crippen LogP contribution in [0.2, 0.25) is 0 Å². The fraction of sp³-hybridized carbons (Fsp3) is 0.714. The Hall–Kier alpha value is -1.50. The molecule has 0 radical (unpaired) electrons. The predicted molar refractivity (Wildman–Crippen MR) is 45.5 cm³/mol. The average molecular weight is 200 g/mol. The van der Waals surface area contributed by atoms with Gasteiger partial charge in [0, 0.05) is 7.11 Å². The maximum Gasteiger partial charge on any atom is 0.325 e. The zero-order valence-corrected chi connectivity index (χ0v) is 8.26. The Morgan fingerprint density at radius 2 is 2.29 bits per heavy atom. The van der Waals surface area contributed by atoms with E-state index in [1.165, 1.54) is 11.8 Å². The number of ether oxygens (including phenoxy) is 1. The minimum atomic E-state index is -0.995. The number of carboxylic acid groups (broad SMARTS) is 1. The van der Waals surface area contributed by atoms with Crippen LogP contribution in [0.5, 0.6) is 0 Å². The predicted octanol–water partition coefficient (Wildman–Crippen LogP) is -0.361. The van der Waals surface area contributed by atoms with E-state index < -0.39 is 11.6 Å². The normalized spacial score (nSPS) is 11.6. The number of aromatic nitrogens is 4. The number of hydrogen-bond acceptors (Lipinski definition) is 5. The van der Waals surface area contributed by atoms with Crippen molar-refractivity contribution in [1.29, 1.82) is 0 Å². The molecule has 1 N–H and O–H groups in total. The average Bonchev–Trinajstić information content (AvgIpc) is 2.52. The Morgan fingerprint density at radius 1 is 1.64 bits per heavy atom. The van der Waals surface area contributed by atoms with Crippen LogP contribution in [0.4, 0.5) is 0 Å². The van der Waals surface area contributed by atoms with Crippen molar-refractivity contribution in [1.82, 2.24) is 20.2 Å². The molecule has 0 spiro atoms. The lowest BCUT2D eigenvalue weighted by molar-refractivity contribution is -0.138. The van der Waals surface area contributed by atoms with Crippen LogP contribution in [0.15, 0.2) is 0 Å². The van der Waals surface area contributed by atoms with Gasteiger partial charge in [0.15, 0.2) is 5.82 Å². The van der Waals surface area contributed by atoms with Gasteiger partial charge in [0.25, 0.3) is 0 Å². The van der Waals surface area contributed by atoms with E-state index in [2.05, 4.69) is 15.5 Å². The first-order chi connectivity index (χ1) is 6.47. The van der Waals surface area contributed by atoms with Crippen molar-refractivity contribution in [3.63, 3.8) is 0 Å². The number of rotatable bonds is 4. The summed E-state index contributed by atoms with van der Waals surface area (Å²) < 4.78 is 6.35. The number of aliphatic carboxylic acids is 1. The maximum absolute atomic E-state index is 10.5. The van der Waals surface area contributed by atoms with Crippen LogP contribution in [0.1, 0.15) is 19.7 Å². The van der Waals surface area contributed by atoms with Crippen LogP contribution < -0.4 is 0 Å². The molecule has 0 aliphatic carbocycles. The lowest BCUT2D eigenvalue weighted by Gasteiger charge is -2.20. The van der Waals surface area contributed by atoms with Crippen molar-refractivity contribution in [2.24, 2.45) is 0 Å². The molecule has 0 fully saturated rings. The summed E-state index contributed by atoms with van der Waals surface area (Å²) in [6.45, 7) is 3.25. The van der Waals surface area contributed by atoms with Gasteiger partial charge in [-0.1, -0.05) is 0 Å². The highest BCUT2D eigenvalue weighted by Gasteiger charge is 2.27. The number of nitrogens with zero attached hydrogens (tertiary/aromatic N) is 4. The van der Waals surface area contributed by atoms with Crippen LogP contribution >= 0.6 is 0 Å². The molecule has 7 heteroatoms. The fourth-order valence-corrected chi connectivity index (χ4v) is 0.962. The van der Waals surface area contributed by atoms with E-state index in [0.29, 0.717) is 5.82 Å². The zero-order chi connectivity index (χ0) is 10.8. The number of tetrazole rings is 1. The quantitative estimate of drug-likeness (QED) is 0.713. The van der Waals surface area contributed by atoms with Gasteiger partial charge in [-0.2, -0.15) is 0 Å². The van der Waals surface area contributed by atoms with E-state index in [9.17, 15) is 4.79 Å². The Labute approximate surface area is 80.7 Å². The summed E-state index contributed by atoms with van der Waals surface area (Å²) in [5.41, 5.74) is -0.695. The molecule has 1 rings (SSSR count). The molecule has 0 unspecified atom stereocenters. The number of carboxylic acids is 1. The topological polar surface area (TPSA) is 90.1 Å². The minimum absolute atomic E-state index is 0.269. The molecule has 0 bridgehead atoms. The van der Waals surface area contributed by atoms with Gasteiger partial charge in [-0.05, 0) is 24.3 Å². The van der Waals surface area contributed by atoms with E-state index in [-0.39, 0.29) is 6.54 Å². The molecule has 1 aromatic rings. The smallest absolute Gasteiger partial charge is 0.325 e. The van der Waals surface area contributed by atoms with Crippen molar-refractivity contribution in [2.75, 3.05) is 7.11 Å². The third-order valence-electron chi connectivity index (χ3n) is 1.87. The minimum Gasteiger partial charge on any atom is -0.480 e. The summed E-state index contributed by atoms with van der Waals surface area (Å²) in [6.07, 6.45) is 0. The molecule has 0 amide bonds. The molecule has 7 nitrogen and oxygen atoms in total. The van der Waals surface area contributed by atoms with Gasteiger partial charge in [-0.15, -0.1) is 5.10 Å². The molecule has 0 atom stereocenters. The molecule has 78 valence electrons. The van der Waals surface area contributed by atoms with Gasteiger partial charge in [0.1, 0.15) is 12.1 Å². The highest BCUT2D eigenvalue weighted by molar-refractivity contribution is 5.66. The molecule has 1 heterocycles. The first-order valence-electron chi connectivity index (χ1n) is 4.01. The maximum atomic E-state index is 10.5. The Bertz CT molecular complexity index is 333. The second kappa shape index (κ2) is 3.70. The van der Waals surface area contributed by atoms with Gasteiger partial charge < -0.3 is 9.84 Å². The van der Waals surface area contributed by atoms with Gasteiger partial charge in [0.2, 0.25) is 0 Å². The third kappa shape index (κ3) is 2.05. The summed E-state index contributed by atoms with van der Waals surface area (Å²) in [4.78, 5) is 10.5. The highest BCUT2D eigenvalue weighted by Crippen LogP contribution is 2.20. The van der Waals surface area contributed by atoms with Crippen molar-refractivity contribution in [2.45, 2.75) is 26.0 Å². The molecule has 14 heavy (non-hydrogen) atoms. The van der Waals surface area contributed by atoms with E-state index in [4.69, 9.17) is 9.84 Å². The SMILES string of the molecule is COC(C)(C)c1nnnn1CC(=O)O. The van der Waals surface area contributed by atoms with Gasteiger partial charge in [0.05, 0.1) is 0 Å². The Balaban J connectivity index is 2.98. The van der Waals surface area contributed by atoms with Crippen LogP contribution in [0.25, 0.3) is 0 Å². The van der Waals surface area contributed by atoms with Crippen LogP contribution in [-0.4, -0.2) is 38.4 Å². The third-order valence-corrected chi connectivity index (χ3v) is 1.87. The number of carbonyl (C=O) groups is 1. The largest absolute Gasteiger partial charge is 0.480 e. The fourth-order valence-electron chi connectivity index (χ4n) is 0.962. The zero-order valence-electron chi connectivity index (χ0n) is 8.26. The molecule has 0 saturated carbocycles. The first kappa shape index (κ1) is 10.6. The second-order valence-corrected chi connectivity index (χ2v) is 3.27. The van der Waals surface area contributed by atoms with Gasteiger partial charge >= 0.3 is 5.97 Å². The number of methoxy groups -OCH3 is 1. The molecule has 1 aromatic heterocycles. The van der Waals surface area contributed by atoms with Crippen LogP contribution in [0, 0.1) is 0 Å². The Kier molecular flexibility index (Phi) is 2.80. The van der Waals surface area contributed by atoms with Crippen LogP contribution in [0.3, 0.4) is 0 Å². The molecular formula is C7H12N4O3. The van der Waals surface area contributed by atoms with E-state index >= 15 is 0 Å². The van der Waals surface area contributed by atoms with Crippen molar-refractivity contribution < 1.29 is 14.6 Å². The van der Waals surface area contributed by atoms with Crippen molar-refractivity contribution >= 4 is 5.97 Å². The highest BCUT2D eigenvalue weighted by atomic mass is 16.5. The van der Waals surface area contributed by atoms with E-state index in [1.54, 1.807) is 13.8 Å². The van der Waals surface area contributed by atoms with Gasteiger partial charge in [-0.25, -0.2) is 4.68 Å². The monoisotopic (exact) mass is 200 g/mol. The standard InChI is InChI=1S/C7H12N4O3/c1-7(2,14-3)6-8-9-10-11(6)4-5(12)13/h4H2,1-3H3,(H,12,13). The van der Waals surface area contributed by atoms with E-state index in [0.717, 1.165) is 0 Å². The lowest BCUT2D eigenvalue weighted by atomic mass is 10.1. The molecule has 0 aliphatic rings. The van der Waals surface area contributed by atoms with Crippen LogP contribution in [-0.2, 0) is 21.7 Å². The summed E-state index contributed by atoms with van der Waals surface area (Å²) >= 11 is 0. The molecular weight excluding hydrogens is 188 g/mol. The molecule has 0 saturated heterocycles. The second-order valence-electron chi connectivity index (χ2n) is 3.27. The summed E-state index contributed by atoms with van der Waals surface area (Å²) in [5.74, 6) is -0.604. The molecule has 0 aliphatic heterocycles. The first-order valence-corrected chi connectivity index (χ1v) is 4.01. The summed E-state index contributed by atoms with van der Waals surface area (Å²) in [5, 5.41) is 19.3. The van der Waals surface area contributed by atoms with Crippen molar-refractivity contribution in [3.8, 4) is 0 Å². The van der Waals surface area contributed by atoms with Gasteiger partial charge in [-0.3, -0.25) is 4.79 Å². The lowest BCUT2D eigenvalue weighted by Crippen LogP contribution is -2.27. The van der Waals surface area contributed by atoms with E-state index in [1.807, 2.05) is 0 Å². The summed E-state index contributed by atoms with van der Waals surface area (Å²) in [7, 11) is 1.51. The summed E-state index contributed by atoms with van der Waals surface area (Å²) in [6, 6.07) is 0. The number of hydrogen-bond donors (Lipinski definition) is 1. The van der Waals surface area contributed by atoms with Crippen molar-refractivity contribution in [3.05, 3.63) is 5.82 Å². The Morgan fingerprint density at radius 3 is 2.79 bits per heavy atom.